The minimum absolute atomic E-state index is 0. The Bertz CT molecular complexity index is 1090. The van der Waals surface area contributed by atoms with E-state index in [1.54, 1.807) is 48.8 Å². The smallest absolute Gasteiger partial charge is 0.338 e. The largest absolute Gasteiger partial charge is 0.870 e. The molecule has 0 aliphatic rings. The molecule has 0 spiro atoms. The Hall–Kier alpha value is -3.13. The second-order valence-corrected chi connectivity index (χ2v) is 7.40. The molecule has 0 unspecified atom stereocenters. The van der Waals surface area contributed by atoms with Gasteiger partial charge in [-0.2, -0.15) is 0 Å². The van der Waals surface area contributed by atoms with Crippen LogP contribution in [0.1, 0.15) is 37.9 Å². The van der Waals surface area contributed by atoms with E-state index >= 15 is 0 Å². The molecule has 0 radical (unpaired) electrons. The van der Waals surface area contributed by atoms with Gasteiger partial charge in [0, 0.05) is 17.5 Å². The first kappa shape index (κ1) is 25.1. The zero-order valence-corrected chi connectivity index (χ0v) is 18.8. The number of pyridine rings is 1. The minimum atomic E-state index is -0.732. The molecule has 3 aromatic rings. The van der Waals surface area contributed by atoms with Crippen LogP contribution >= 0.6 is 23.2 Å². The number of H-pyrrole nitrogens is 1. The number of ether oxygens (including phenoxy) is 3. The molecule has 168 valence electrons. The summed E-state index contributed by atoms with van der Waals surface area (Å²) in [5, 5.41) is 0.828. The molecule has 3 rings (SSSR count). The molecule has 0 saturated carbocycles. The lowest BCUT2D eigenvalue weighted by atomic mass is 10.0. The van der Waals surface area contributed by atoms with Gasteiger partial charge in [-0.25, -0.2) is 9.78 Å². The van der Waals surface area contributed by atoms with Crippen LogP contribution in [0, 0.1) is 0 Å². The molecule has 0 aliphatic carbocycles. The van der Waals surface area contributed by atoms with Gasteiger partial charge in [-0.1, -0.05) is 41.4 Å². The fourth-order valence-electron chi connectivity index (χ4n) is 3.07. The van der Waals surface area contributed by atoms with Gasteiger partial charge in [0.2, 0.25) is 0 Å². The highest BCUT2D eigenvalue weighted by molar-refractivity contribution is 6.35. The molecule has 7 nitrogen and oxygen atoms in total. The van der Waals surface area contributed by atoms with E-state index < -0.39 is 12.1 Å². The normalized spacial score (nSPS) is 11.1. The van der Waals surface area contributed by atoms with Crippen molar-refractivity contribution in [3.8, 4) is 11.5 Å². The van der Waals surface area contributed by atoms with Crippen LogP contribution in [-0.4, -0.2) is 32.0 Å². The fraction of sp³-hybridized carbons (Fsp3) is 0.174. The number of halogens is 2. The first-order valence-corrected chi connectivity index (χ1v) is 10.0. The van der Waals surface area contributed by atoms with Gasteiger partial charge >= 0.3 is 5.97 Å². The summed E-state index contributed by atoms with van der Waals surface area (Å²) in [5.41, 5.74) is 1.92. The van der Waals surface area contributed by atoms with Crippen LogP contribution in [0.2, 0.25) is 10.0 Å². The topological polar surface area (TPSA) is 106 Å². The minimum Gasteiger partial charge on any atom is -0.870 e. The Kier molecular flexibility index (Phi) is 9.02. The predicted molar refractivity (Wildman–Crippen MR) is 118 cm³/mol. The molecule has 9 heteroatoms. The maximum absolute atomic E-state index is 12.9. The second-order valence-electron chi connectivity index (χ2n) is 6.59. The quantitative estimate of drug-likeness (QED) is 0.346. The molecule has 2 aromatic carbocycles. The van der Waals surface area contributed by atoms with Crippen LogP contribution in [0.5, 0.6) is 11.5 Å². The number of rotatable bonds is 8. The molecule has 0 saturated heterocycles. The third kappa shape index (κ3) is 5.76. The van der Waals surface area contributed by atoms with E-state index in [0.29, 0.717) is 44.5 Å². The lowest BCUT2D eigenvalue weighted by molar-refractivity contribution is -0.377. The van der Waals surface area contributed by atoms with Crippen LogP contribution in [0.15, 0.2) is 54.9 Å². The second kappa shape index (κ2) is 11.5. The Balaban J connectivity index is 0.00000363. The Morgan fingerprint density at radius 3 is 2.34 bits per heavy atom. The standard InChI is InChI=1S/C23H19Cl2NO5.H2O/c1-29-20-7-6-15(9-22(20)30-2)21(10-17-18(24)11-26-12-19(17)25)31-23(28)16-5-3-4-14(8-16)13-27;/h3-9,11-13,21H,10H2,1-2H3;1H2/t21-;/m0./s1. The maximum Gasteiger partial charge on any atom is 0.338 e. The number of methoxy groups -OCH3 is 2. The zero-order valence-electron chi connectivity index (χ0n) is 17.3. The van der Waals surface area contributed by atoms with Crippen LogP contribution in [0.3, 0.4) is 0 Å². The number of esters is 1. The number of nitrogens with one attached hydrogen (secondary N) is 1. The van der Waals surface area contributed by atoms with Crippen LogP contribution in [0.25, 0.3) is 0 Å². The highest BCUT2D eigenvalue weighted by atomic mass is 35.5. The van der Waals surface area contributed by atoms with E-state index in [-0.39, 0.29) is 17.5 Å². The molecule has 0 amide bonds. The van der Waals surface area contributed by atoms with Gasteiger partial charge in [-0.05, 0) is 29.8 Å². The van der Waals surface area contributed by atoms with E-state index in [1.807, 2.05) is 0 Å². The summed E-state index contributed by atoms with van der Waals surface area (Å²) in [7, 11) is 3.06. The Labute approximate surface area is 195 Å². The lowest BCUT2D eigenvalue weighted by Crippen LogP contribution is -2.16. The number of hydrogen-bond donors (Lipinski definition) is 0. The summed E-state index contributed by atoms with van der Waals surface area (Å²) in [6.45, 7) is 0. The summed E-state index contributed by atoms with van der Waals surface area (Å²) < 4.78 is 16.5. The monoisotopic (exact) mass is 477 g/mol. The summed E-state index contributed by atoms with van der Waals surface area (Å²) in [4.78, 5) is 26.8. The molecule has 0 aliphatic heterocycles. The molecule has 1 heterocycles. The summed E-state index contributed by atoms with van der Waals surface area (Å²) >= 11 is 12.6. The number of carbonyl (C=O) groups excluding carboxylic acids is 2. The SMILES string of the molecule is COc1ccc([C@H](Cc2c(Cl)c[nH+]cc2Cl)OC(=O)c2cccc(C=O)c2)cc1OC.[OH-]. The van der Waals surface area contributed by atoms with Crippen molar-refractivity contribution in [2.24, 2.45) is 0 Å². The molecule has 2 N–H and O–H groups in total. The van der Waals surface area contributed by atoms with Crippen molar-refractivity contribution in [2.45, 2.75) is 12.5 Å². The average Bonchev–Trinajstić information content (AvgIpc) is 2.80. The van der Waals surface area contributed by atoms with Gasteiger partial charge in [-0.3, -0.25) is 4.79 Å². The van der Waals surface area contributed by atoms with Gasteiger partial charge in [-0.15, -0.1) is 0 Å². The van der Waals surface area contributed by atoms with E-state index in [9.17, 15) is 9.59 Å². The highest BCUT2D eigenvalue weighted by Crippen LogP contribution is 2.35. The van der Waals surface area contributed by atoms with Gasteiger partial charge in [0.05, 0.1) is 19.8 Å². The number of benzene rings is 2. The van der Waals surface area contributed by atoms with Crippen LogP contribution < -0.4 is 14.5 Å². The number of carbonyl (C=O) groups is 2. The van der Waals surface area contributed by atoms with Crippen molar-refractivity contribution in [2.75, 3.05) is 14.2 Å². The van der Waals surface area contributed by atoms with Gasteiger partial charge < -0.3 is 19.7 Å². The highest BCUT2D eigenvalue weighted by Gasteiger charge is 2.24. The van der Waals surface area contributed by atoms with Gasteiger partial charge in [0.25, 0.3) is 0 Å². The first-order valence-electron chi connectivity index (χ1n) is 9.29. The van der Waals surface area contributed by atoms with E-state index in [4.69, 9.17) is 37.4 Å². The molecule has 0 fully saturated rings. The van der Waals surface area contributed by atoms with E-state index in [1.165, 1.54) is 20.3 Å². The number of aromatic amines is 1. The van der Waals surface area contributed by atoms with Crippen molar-refractivity contribution >= 4 is 35.5 Å². The third-order valence-electron chi connectivity index (χ3n) is 4.67. The van der Waals surface area contributed by atoms with Crippen molar-refractivity contribution in [1.29, 1.82) is 0 Å². The predicted octanol–water partition coefficient (Wildman–Crippen LogP) is 4.60. The molecule has 1 aromatic heterocycles. The summed E-state index contributed by atoms with van der Waals surface area (Å²) in [6.07, 6.45) is 3.36. The van der Waals surface area contributed by atoms with E-state index in [2.05, 4.69) is 4.98 Å². The molecular weight excluding hydrogens is 457 g/mol. The molecule has 1 atom stereocenters. The first-order chi connectivity index (χ1) is 15.0. The van der Waals surface area contributed by atoms with Crippen molar-refractivity contribution in [1.82, 2.24) is 0 Å². The van der Waals surface area contributed by atoms with E-state index in [0.717, 1.165) is 0 Å². The number of hydrogen-bond acceptors (Lipinski definition) is 6. The average molecular weight is 478 g/mol. The molecule has 0 bridgehead atoms. The molecule has 32 heavy (non-hydrogen) atoms. The third-order valence-corrected chi connectivity index (χ3v) is 5.35. The van der Waals surface area contributed by atoms with Crippen LogP contribution in [0.4, 0.5) is 0 Å². The Morgan fingerprint density at radius 1 is 1.03 bits per heavy atom. The molecular formula is C23H21Cl2NO6. The number of aromatic nitrogens is 1. The van der Waals surface area contributed by atoms with Crippen molar-refractivity contribution in [3.63, 3.8) is 0 Å². The van der Waals surface area contributed by atoms with Crippen LogP contribution in [-0.2, 0) is 11.2 Å². The maximum atomic E-state index is 12.9. The van der Waals surface area contributed by atoms with Crippen molar-refractivity contribution < 1.29 is 34.3 Å². The van der Waals surface area contributed by atoms with Gasteiger partial charge in [0.15, 0.2) is 23.9 Å². The number of aldehydes is 1. The zero-order chi connectivity index (χ0) is 22.4. The lowest BCUT2D eigenvalue weighted by Gasteiger charge is -2.20. The van der Waals surface area contributed by atoms with Gasteiger partial charge in [0.1, 0.15) is 22.4 Å². The fourth-order valence-corrected chi connectivity index (χ4v) is 3.61. The summed E-state index contributed by atoms with van der Waals surface area (Å²) in [5.74, 6) is 0.446. The van der Waals surface area contributed by atoms with Crippen molar-refractivity contribution in [3.05, 3.63) is 87.2 Å². The summed E-state index contributed by atoms with van der Waals surface area (Å²) in [6, 6.07) is 11.5. The Morgan fingerprint density at radius 2 is 1.72 bits per heavy atom.